The Morgan fingerprint density at radius 1 is 1.38 bits per heavy atom. The number of piperidine rings is 1. The third-order valence-electron chi connectivity index (χ3n) is 4.70. The van der Waals surface area contributed by atoms with Gasteiger partial charge in [0.2, 0.25) is 5.91 Å². The number of amides is 1. The molecule has 0 saturated carbocycles. The van der Waals surface area contributed by atoms with E-state index in [4.69, 9.17) is 0 Å². The molecule has 0 radical (unpaired) electrons. The first-order valence-corrected chi connectivity index (χ1v) is 8.09. The molecule has 2 N–H and O–H groups in total. The van der Waals surface area contributed by atoms with E-state index in [2.05, 4.69) is 46.7 Å². The lowest BCUT2D eigenvalue weighted by atomic mass is 9.95. The molecule has 0 bridgehead atoms. The third kappa shape index (κ3) is 3.44. The molecule has 2 aliphatic heterocycles. The number of benzene rings is 1. The summed E-state index contributed by atoms with van der Waals surface area (Å²) in [7, 11) is 0. The number of rotatable bonds is 3. The number of carbonyl (C=O) groups is 1. The van der Waals surface area contributed by atoms with Gasteiger partial charge in [0.25, 0.3) is 0 Å². The van der Waals surface area contributed by atoms with Crippen molar-refractivity contribution in [3.8, 4) is 0 Å². The van der Waals surface area contributed by atoms with Gasteiger partial charge in [0.15, 0.2) is 0 Å². The molecule has 2 aliphatic rings. The molecule has 1 amide bonds. The summed E-state index contributed by atoms with van der Waals surface area (Å²) in [6.45, 7) is 6.20. The van der Waals surface area contributed by atoms with Crippen LogP contribution in [0.2, 0.25) is 0 Å². The second kappa shape index (κ2) is 6.58. The first-order chi connectivity index (χ1) is 10.3. The van der Waals surface area contributed by atoms with Crippen LogP contribution in [0.3, 0.4) is 0 Å². The van der Waals surface area contributed by atoms with E-state index in [9.17, 15) is 4.79 Å². The summed E-state index contributed by atoms with van der Waals surface area (Å²) in [5, 5.41) is 6.60. The maximum Gasteiger partial charge on any atom is 0.237 e. The van der Waals surface area contributed by atoms with Crippen LogP contribution in [0.1, 0.15) is 30.9 Å². The van der Waals surface area contributed by atoms with Gasteiger partial charge in [0.05, 0.1) is 6.04 Å². The average molecular weight is 287 g/mol. The number of hydrogen-bond donors (Lipinski definition) is 2. The van der Waals surface area contributed by atoms with Crippen molar-refractivity contribution in [3.05, 3.63) is 35.4 Å². The highest BCUT2D eigenvalue weighted by molar-refractivity contribution is 5.82. The molecule has 4 nitrogen and oxygen atoms in total. The van der Waals surface area contributed by atoms with Gasteiger partial charge in [-0.25, -0.2) is 0 Å². The molecule has 0 aromatic heterocycles. The van der Waals surface area contributed by atoms with Crippen LogP contribution in [0.4, 0.5) is 0 Å². The second-order valence-corrected chi connectivity index (χ2v) is 6.15. The van der Waals surface area contributed by atoms with Crippen molar-refractivity contribution in [1.82, 2.24) is 15.5 Å². The minimum atomic E-state index is -0.0862. The number of likely N-dealkylation sites (tertiary alicyclic amines) is 1. The van der Waals surface area contributed by atoms with E-state index < -0.39 is 0 Å². The van der Waals surface area contributed by atoms with Gasteiger partial charge in [-0.1, -0.05) is 31.2 Å². The highest BCUT2D eigenvalue weighted by atomic mass is 16.2. The van der Waals surface area contributed by atoms with Crippen LogP contribution in [0.25, 0.3) is 0 Å². The monoisotopic (exact) mass is 287 g/mol. The zero-order valence-electron chi connectivity index (χ0n) is 12.8. The smallest absolute Gasteiger partial charge is 0.237 e. The Labute approximate surface area is 126 Å². The molecule has 0 spiro atoms. The lowest BCUT2D eigenvalue weighted by Crippen LogP contribution is -2.54. The van der Waals surface area contributed by atoms with Crippen molar-refractivity contribution in [2.24, 2.45) is 0 Å². The molecule has 1 fully saturated rings. The normalized spacial score (nSPS) is 26.1. The first kappa shape index (κ1) is 14.5. The lowest BCUT2D eigenvalue weighted by molar-refractivity contribution is -0.124. The summed E-state index contributed by atoms with van der Waals surface area (Å²) in [5.74, 6) is 0.160. The molecule has 114 valence electrons. The Bertz CT molecular complexity index is 503. The fraction of sp³-hybridized carbons (Fsp3) is 0.588. The number of fused-ring (bicyclic) bond motifs is 1. The largest absolute Gasteiger partial charge is 0.351 e. The SMILES string of the molecule is CCN1CCCC(NC(=O)[C@H]2Cc3ccccc3CN2)C1. The molecule has 4 heteroatoms. The van der Waals surface area contributed by atoms with E-state index in [0.717, 1.165) is 39.0 Å². The van der Waals surface area contributed by atoms with Crippen LogP contribution in [0.5, 0.6) is 0 Å². The molecule has 21 heavy (non-hydrogen) atoms. The molecule has 2 atom stereocenters. The summed E-state index contributed by atoms with van der Waals surface area (Å²) < 4.78 is 0. The van der Waals surface area contributed by atoms with Crippen LogP contribution in [-0.4, -0.2) is 42.5 Å². The molecular weight excluding hydrogens is 262 g/mol. The van der Waals surface area contributed by atoms with Crippen molar-refractivity contribution in [2.75, 3.05) is 19.6 Å². The highest BCUT2D eigenvalue weighted by Gasteiger charge is 2.27. The van der Waals surface area contributed by atoms with E-state index in [1.165, 1.54) is 17.5 Å². The molecular formula is C17H25N3O. The van der Waals surface area contributed by atoms with Crippen molar-refractivity contribution in [1.29, 1.82) is 0 Å². The Morgan fingerprint density at radius 2 is 2.19 bits per heavy atom. The molecule has 1 aromatic carbocycles. The van der Waals surface area contributed by atoms with Gasteiger partial charge in [0, 0.05) is 19.1 Å². The van der Waals surface area contributed by atoms with Crippen LogP contribution in [0.15, 0.2) is 24.3 Å². The molecule has 3 rings (SSSR count). The Kier molecular flexibility index (Phi) is 4.56. The van der Waals surface area contributed by atoms with E-state index in [1.807, 2.05) is 0 Å². The fourth-order valence-corrected chi connectivity index (χ4v) is 3.40. The zero-order valence-corrected chi connectivity index (χ0v) is 12.8. The minimum Gasteiger partial charge on any atom is -0.351 e. The van der Waals surface area contributed by atoms with Gasteiger partial charge in [-0.15, -0.1) is 0 Å². The molecule has 1 aromatic rings. The number of hydrogen-bond acceptors (Lipinski definition) is 3. The fourth-order valence-electron chi connectivity index (χ4n) is 3.40. The van der Waals surface area contributed by atoms with Gasteiger partial charge in [-0.3, -0.25) is 4.79 Å². The van der Waals surface area contributed by atoms with Gasteiger partial charge in [0.1, 0.15) is 0 Å². The summed E-state index contributed by atoms with van der Waals surface area (Å²) in [6.07, 6.45) is 3.08. The van der Waals surface area contributed by atoms with Crippen molar-refractivity contribution < 1.29 is 4.79 Å². The summed E-state index contributed by atoms with van der Waals surface area (Å²) >= 11 is 0. The van der Waals surface area contributed by atoms with Gasteiger partial charge < -0.3 is 15.5 Å². The van der Waals surface area contributed by atoms with Crippen LogP contribution in [0, 0.1) is 0 Å². The molecule has 2 heterocycles. The van der Waals surface area contributed by atoms with E-state index in [1.54, 1.807) is 0 Å². The topological polar surface area (TPSA) is 44.4 Å². The predicted octanol–water partition coefficient (Wildman–Crippen LogP) is 1.30. The number of nitrogens with one attached hydrogen (secondary N) is 2. The van der Waals surface area contributed by atoms with Crippen LogP contribution >= 0.6 is 0 Å². The Hall–Kier alpha value is -1.39. The molecule has 1 unspecified atom stereocenters. The third-order valence-corrected chi connectivity index (χ3v) is 4.70. The van der Waals surface area contributed by atoms with Gasteiger partial charge in [-0.2, -0.15) is 0 Å². The minimum absolute atomic E-state index is 0.0862. The standard InChI is InChI=1S/C17H25N3O/c1-2-20-9-5-8-15(12-20)19-17(21)16-10-13-6-3-4-7-14(13)11-18-16/h3-4,6-7,15-16,18H,2,5,8-12H2,1H3,(H,19,21)/t15?,16-/m1/s1. The van der Waals surface area contributed by atoms with Gasteiger partial charge >= 0.3 is 0 Å². The summed E-state index contributed by atoms with van der Waals surface area (Å²) in [4.78, 5) is 14.9. The number of carbonyl (C=O) groups excluding carboxylic acids is 1. The first-order valence-electron chi connectivity index (χ1n) is 8.09. The van der Waals surface area contributed by atoms with Crippen molar-refractivity contribution in [3.63, 3.8) is 0 Å². The maximum atomic E-state index is 12.5. The Balaban J connectivity index is 1.57. The van der Waals surface area contributed by atoms with Crippen molar-refractivity contribution in [2.45, 2.75) is 44.8 Å². The summed E-state index contributed by atoms with van der Waals surface area (Å²) in [6, 6.07) is 8.61. The van der Waals surface area contributed by atoms with Crippen LogP contribution < -0.4 is 10.6 Å². The van der Waals surface area contributed by atoms with E-state index >= 15 is 0 Å². The quantitative estimate of drug-likeness (QED) is 0.881. The molecule has 0 aliphatic carbocycles. The second-order valence-electron chi connectivity index (χ2n) is 6.15. The maximum absolute atomic E-state index is 12.5. The van der Waals surface area contributed by atoms with Crippen molar-refractivity contribution >= 4 is 5.91 Å². The summed E-state index contributed by atoms with van der Waals surface area (Å²) in [5.41, 5.74) is 2.62. The zero-order chi connectivity index (χ0) is 14.7. The Morgan fingerprint density at radius 3 is 3.00 bits per heavy atom. The average Bonchev–Trinajstić information content (AvgIpc) is 2.54. The van der Waals surface area contributed by atoms with E-state index in [-0.39, 0.29) is 11.9 Å². The predicted molar refractivity (Wildman–Crippen MR) is 84.1 cm³/mol. The number of likely N-dealkylation sites (N-methyl/N-ethyl adjacent to an activating group) is 1. The van der Waals surface area contributed by atoms with E-state index in [0.29, 0.717) is 6.04 Å². The highest BCUT2D eigenvalue weighted by Crippen LogP contribution is 2.17. The van der Waals surface area contributed by atoms with Crippen LogP contribution in [-0.2, 0) is 17.8 Å². The number of nitrogens with zero attached hydrogens (tertiary/aromatic N) is 1. The lowest BCUT2D eigenvalue weighted by Gasteiger charge is -2.34. The molecule has 1 saturated heterocycles. The van der Waals surface area contributed by atoms with Gasteiger partial charge in [-0.05, 0) is 43.5 Å².